The molecule has 220 valence electrons. The Labute approximate surface area is 244 Å². The minimum absolute atomic E-state index is 0.00831. The van der Waals surface area contributed by atoms with Gasteiger partial charge in [0.15, 0.2) is 11.5 Å². The van der Waals surface area contributed by atoms with Gasteiger partial charge in [-0.3, -0.25) is 9.88 Å². The van der Waals surface area contributed by atoms with Crippen LogP contribution in [0.3, 0.4) is 0 Å². The SMILES string of the molecule is CN(CC1(F)CNC1)c1nc(OCC23CCCN2C[C@H](F)C3)nc2c(F)c(-c3cccc4ccc(F)c(Cl)c34)ncc12. The van der Waals surface area contributed by atoms with Gasteiger partial charge in [-0.25, -0.2) is 17.6 Å². The van der Waals surface area contributed by atoms with Crippen LogP contribution < -0.4 is 15.0 Å². The molecule has 12 heteroatoms. The van der Waals surface area contributed by atoms with Crippen LogP contribution in [0.15, 0.2) is 36.5 Å². The van der Waals surface area contributed by atoms with Crippen LogP contribution in [-0.4, -0.2) is 83.6 Å². The molecule has 42 heavy (non-hydrogen) atoms. The van der Waals surface area contributed by atoms with Crippen molar-refractivity contribution in [3.05, 3.63) is 53.2 Å². The molecule has 0 saturated carbocycles. The van der Waals surface area contributed by atoms with Gasteiger partial charge in [-0.2, -0.15) is 9.97 Å². The van der Waals surface area contributed by atoms with Gasteiger partial charge in [0.25, 0.3) is 0 Å². The second kappa shape index (κ2) is 10.2. The molecule has 0 aliphatic carbocycles. The largest absolute Gasteiger partial charge is 0.461 e. The number of benzene rings is 2. The molecule has 2 atom stereocenters. The van der Waals surface area contributed by atoms with Crippen LogP contribution in [0.2, 0.25) is 5.02 Å². The average molecular weight is 601 g/mol. The van der Waals surface area contributed by atoms with Gasteiger partial charge in [0.2, 0.25) is 0 Å². The van der Waals surface area contributed by atoms with E-state index in [1.54, 1.807) is 36.2 Å². The van der Waals surface area contributed by atoms with E-state index in [0.29, 0.717) is 29.3 Å². The molecule has 4 aromatic rings. The Morgan fingerprint density at radius 1 is 1.19 bits per heavy atom. The molecule has 7 rings (SSSR count). The first kappa shape index (κ1) is 27.5. The summed E-state index contributed by atoms with van der Waals surface area (Å²) >= 11 is 6.33. The van der Waals surface area contributed by atoms with Gasteiger partial charge in [-0.05, 0) is 30.8 Å². The normalized spacial score (nSPS) is 23.3. The molecule has 0 radical (unpaired) electrons. The lowest BCUT2D eigenvalue weighted by Gasteiger charge is -2.38. The quantitative estimate of drug-likeness (QED) is 0.282. The first-order valence-electron chi connectivity index (χ1n) is 14.0. The van der Waals surface area contributed by atoms with Crippen LogP contribution in [0.25, 0.3) is 32.9 Å². The number of halogens is 5. The molecular formula is C30H29ClF4N6O. The molecule has 7 nitrogen and oxygen atoms in total. The van der Waals surface area contributed by atoms with Crippen LogP contribution in [-0.2, 0) is 0 Å². The lowest BCUT2D eigenvalue weighted by Crippen LogP contribution is -2.61. The van der Waals surface area contributed by atoms with E-state index in [9.17, 15) is 8.78 Å². The van der Waals surface area contributed by atoms with Gasteiger partial charge in [0, 0.05) is 50.2 Å². The van der Waals surface area contributed by atoms with Crippen molar-refractivity contribution in [1.29, 1.82) is 0 Å². The Kier molecular flexibility index (Phi) is 6.67. The number of anilines is 1. The molecule has 0 spiro atoms. The number of hydrogen-bond acceptors (Lipinski definition) is 7. The van der Waals surface area contributed by atoms with E-state index >= 15 is 8.78 Å². The number of alkyl halides is 2. The Morgan fingerprint density at radius 2 is 2.02 bits per heavy atom. The zero-order valence-corrected chi connectivity index (χ0v) is 23.7. The number of rotatable bonds is 7. The maximum absolute atomic E-state index is 16.5. The summed E-state index contributed by atoms with van der Waals surface area (Å²) < 4.78 is 66.4. The summed E-state index contributed by atoms with van der Waals surface area (Å²) in [6.07, 6.45) is 2.57. The molecule has 1 unspecified atom stereocenters. The first-order valence-corrected chi connectivity index (χ1v) is 14.4. The molecule has 2 aromatic carbocycles. The maximum atomic E-state index is 16.5. The fraction of sp³-hybridized carbons (Fsp3) is 0.433. The third kappa shape index (κ3) is 4.53. The Hall–Kier alpha value is -3.28. The number of aromatic nitrogens is 3. The molecule has 2 aromatic heterocycles. The van der Waals surface area contributed by atoms with Crippen molar-refractivity contribution in [2.75, 3.05) is 51.3 Å². The summed E-state index contributed by atoms with van der Waals surface area (Å²) in [5.41, 5.74) is -1.77. The lowest BCUT2D eigenvalue weighted by molar-refractivity contribution is 0.0987. The number of hydrogen-bond donors (Lipinski definition) is 1. The molecular weight excluding hydrogens is 572 g/mol. The maximum Gasteiger partial charge on any atom is 0.319 e. The van der Waals surface area contributed by atoms with Crippen molar-refractivity contribution < 1.29 is 22.3 Å². The highest BCUT2D eigenvalue weighted by Crippen LogP contribution is 2.41. The van der Waals surface area contributed by atoms with E-state index in [2.05, 4.69) is 25.2 Å². The number of nitrogens with one attached hydrogen (secondary N) is 1. The molecule has 3 saturated heterocycles. The Bertz CT molecular complexity index is 1700. The van der Waals surface area contributed by atoms with Gasteiger partial charge < -0.3 is 15.0 Å². The van der Waals surface area contributed by atoms with E-state index in [4.69, 9.17) is 16.3 Å². The van der Waals surface area contributed by atoms with E-state index in [0.717, 1.165) is 19.4 Å². The van der Waals surface area contributed by atoms with Crippen LogP contribution in [0.4, 0.5) is 23.4 Å². The molecule has 3 fully saturated rings. The fourth-order valence-corrected chi connectivity index (χ4v) is 7.00. The van der Waals surface area contributed by atoms with Crippen LogP contribution in [0.1, 0.15) is 19.3 Å². The van der Waals surface area contributed by atoms with E-state index in [1.807, 2.05) is 0 Å². The predicted octanol–water partition coefficient (Wildman–Crippen LogP) is 5.48. The minimum Gasteiger partial charge on any atom is -0.461 e. The number of pyridine rings is 1. The predicted molar refractivity (Wildman–Crippen MR) is 154 cm³/mol. The summed E-state index contributed by atoms with van der Waals surface area (Å²) in [6, 6.07) is 7.82. The minimum atomic E-state index is -1.47. The van der Waals surface area contributed by atoms with Crippen LogP contribution in [0.5, 0.6) is 6.01 Å². The summed E-state index contributed by atoms with van der Waals surface area (Å²) in [7, 11) is 1.67. The Morgan fingerprint density at radius 3 is 2.81 bits per heavy atom. The topological polar surface area (TPSA) is 66.4 Å². The molecule has 3 aliphatic heterocycles. The molecule has 0 bridgehead atoms. The fourth-order valence-electron chi connectivity index (χ4n) is 6.73. The number of fused-ring (bicyclic) bond motifs is 3. The Balaban J connectivity index is 1.34. The smallest absolute Gasteiger partial charge is 0.319 e. The van der Waals surface area contributed by atoms with Crippen LogP contribution >= 0.6 is 11.6 Å². The van der Waals surface area contributed by atoms with Gasteiger partial charge in [-0.15, -0.1) is 0 Å². The van der Waals surface area contributed by atoms with Crippen molar-refractivity contribution in [3.8, 4) is 17.3 Å². The summed E-state index contributed by atoms with van der Waals surface area (Å²) in [5.74, 6) is -1.14. The van der Waals surface area contributed by atoms with Gasteiger partial charge in [-0.1, -0.05) is 35.9 Å². The molecule has 3 aliphatic rings. The van der Waals surface area contributed by atoms with Crippen molar-refractivity contribution in [2.24, 2.45) is 0 Å². The van der Waals surface area contributed by atoms with E-state index in [-0.39, 0.29) is 59.7 Å². The first-order chi connectivity index (χ1) is 20.2. The zero-order valence-electron chi connectivity index (χ0n) is 22.9. The highest BCUT2D eigenvalue weighted by Gasteiger charge is 2.49. The van der Waals surface area contributed by atoms with Crippen molar-refractivity contribution >= 4 is 39.1 Å². The van der Waals surface area contributed by atoms with Gasteiger partial charge in [0.1, 0.15) is 35.6 Å². The van der Waals surface area contributed by atoms with Crippen LogP contribution in [0, 0.1) is 11.6 Å². The van der Waals surface area contributed by atoms with E-state index < -0.39 is 29.0 Å². The van der Waals surface area contributed by atoms with Crippen molar-refractivity contribution in [2.45, 2.75) is 36.6 Å². The monoisotopic (exact) mass is 600 g/mol. The molecule has 0 amide bonds. The van der Waals surface area contributed by atoms with E-state index in [1.165, 1.54) is 12.3 Å². The zero-order chi connectivity index (χ0) is 29.2. The average Bonchev–Trinajstić information content (AvgIpc) is 3.48. The summed E-state index contributed by atoms with van der Waals surface area (Å²) in [5, 5.41) is 4.02. The van der Waals surface area contributed by atoms with Crippen molar-refractivity contribution in [3.63, 3.8) is 0 Å². The van der Waals surface area contributed by atoms with Crippen molar-refractivity contribution in [1.82, 2.24) is 25.2 Å². The highest BCUT2D eigenvalue weighted by atomic mass is 35.5. The number of ether oxygens (including phenoxy) is 1. The second-order valence-corrected chi connectivity index (χ2v) is 12.1. The third-order valence-corrected chi connectivity index (χ3v) is 9.20. The third-order valence-electron chi connectivity index (χ3n) is 8.83. The highest BCUT2D eigenvalue weighted by molar-refractivity contribution is 6.36. The lowest BCUT2D eigenvalue weighted by atomic mass is 9.95. The number of nitrogens with zero attached hydrogens (tertiary/aromatic N) is 5. The molecule has 5 heterocycles. The summed E-state index contributed by atoms with van der Waals surface area (Å²) in [6.45, 7) is 1.70. The van der Waals surface area contributed by atoms with Gasteiger partial charge in [0.05, 0.1) is 22.5 Å². The second-order valence-electron chi connectivity index (χ2n) is 11.8. The summed E-state index contributed by atoms with van der Waals surface area (Å²) in [4.78, 5) is 17.1. The van der Waals surface area contributed by atoms with Gasteiger partial charge >= 0.3 is 6.01 Å². The standard InChI is InChI=1S/C30H29ClF4N6O/c1-40(15-29(35)13-36-14-29)27-20-11-37-25(19-5-2-4-17-6-7-21(33)23(31)22(17)19)24(34)26(20)38-28(39-27)42-16-30-8-3-9-41(30)12-18(32)10-30/h2,4-7,11,18,36H,3,8-10,12-16H2,1H3/t18-,30?/m1/s1. The molecule has 1 N–H and O–H groups in total.